The van der Waals surface area contributed by atoms with Crippen LogP contribution in [-0.4, -0.2) is 16.5 Å². The number of hydrogen-bond donors (Lipinski definition) is 1. The Morgan fingerprint density at radius 2 is 2.20 bits per heavy atom. The third-order valence-electron chi connectivity index (χ3n) is 2.62. The highest BCUT2D eigenvalue weighted by molar-refractivity contribution is 8.00. The third kappa shape index (κ3) is 2.27. The summed E-state index contributed by atoms with van der Waals surface area (Å²) in [5.74, 6) is 0.875. The van der Waals surface area contributed by atoms with Crippen LogP contribution in [0.5, 0.6) is 0 Å². The van der Waals surface area contributed by atoms with Gasteiger partial charge in [-0.3, -0.25) is 0 Å². The van der Waals surface area contributed by atoms with Gasteiger partial charge >= 0.3 is 0 Å². The van der Waals surface area contributed by atoms with Gasteiger partial charge in [-0.15, -0.1) is 0 Å². The van der Waals surface area contributed by atoms with Crippen LogP contribution in [0.3, 0.4) is 0 Å². The average Bonchev–Trinajstić information content (AvgIpc) is 2.62. The van der Waals surface area contributed by atoms with Gasteiger partial charge in [-0.2, -0.15) is 17.0 Å². The van der Waals surface area contributed by atoms with Gasteiger partial charge in [0.2, 0.25) is 0 Å². The first kappa shape index (κ1) is 10.4. The van der Waals surface area contributed by atoms with Gasteiger partial charge in [0.05, 0.1) is 6.07 Å². The quantitative estimate of drug-likeness (QED) is 0.829. The molecule has 0 saturated carbocycles. The number of hydrogen-bond acceptors (Lipinski definition) is 3. The molecule has 0 bridgehead atoms. The first-order valence-corrected chi connectivity index (χ1v) is 6.15. The number of benzene rings is 1. The molecule has 1 aliphatic rings. The summed E-state index contributed by atoms with van der Waals surface area (Å²) in [5, 5.41) is 13.2. The fourth-order valence-electron chi connectivity index (χ4n) is 1.88. The molecule has 2 unspecified atom stereocenters. The minimum atomic E-state index is -0.370. The lowest BCUT2D eigenvalue weighted by molar-refractivity contribution is 0.626. The molecule has 0 spiro atoms. The topological polar surface area (TPSA) is 35.8 Å². The van der Waals surface area contributed by atoms with Crippen molar-refractivity contribution in [2.75, 3.05) is 11.1 Å². The minimum absolute atomic E-state index is 0.370. The largest absolute Gasteiger partial charge is 0.367 e. The Hall–Kier alpha value is -1.14. The molecule has 1 aromatic rings. The zero-order valence-corrected chi connectivity index (χ0v) is 9.55. The number of thioether (sulfide) groups is 1. The summed E-state index contributed by atoms with van der Waals surface area (Å²) < 4.78 is 0. The molecule has 0 aliphatic carbocycles. The van der Waals surface area contributed by atoms with E-state index in [9.17, 15) is 5.26 Å². The zero-order valence-electron chi connectivity index (χ0n) is 8.73. The van der Waals surface area contributed by atoms with E-state index in [-0.39, 0.29) is 5.54 Å². The SMILES string of the molecule is CC1CC(C#N)(Nc2ccccc2)CS1. The van der Waals surface area contributed by atoms with Crippen molar-refractivity contribution in [3.63, 3.8) is 0 Å². The molecule has 0 radical (unpaired) electrons. The monoisotopic (exact) mass is 218 g/mol. The van der Waals surface area contributed by atoms with Gasteiger partial charge in [0.15, 0.2) is 0 Å². The highest BCUT2D eigenvalue weighted by atomic mass is 32.2. The van der Waals surface area contributed by atoms with Crippen molar-refractivity contribution < 1.29 is 0 Å². The van der Waals surface area contributed by atoms with E-state index in [2.05, 4.69) is 18.3 Å². The normalized spacial score (nSPS) is 29.7. The Labute approximate surface area is 94.7 Å². The summed E-state index contributed by atoms with van der Waals surface area (Å²) in [4.78, 5) is 0. The molecule has 1 fully saturated rings. The molecule has 1 aliphatic heterocycles. The van der Waals surface area contributed by atoms with Crippen LogP contribution in [-0.2, 0) is 0 Å². The molecule has 15 heavy (non-hydrogen) atoms. The van der Waals surface area contributed by atoms with E-state index in [1.807, 2.05) is 42.1 Å². The predicted octanol–water partition coefficient (Wildman–Crippen LogP) is 2.89. The Kier molecular flexibility index (Phi) is 2.88. The van der Waals surface area contributed by atoms with Crippen LogP contribution in [0.25, 0.3) is 0 Å². The summed E-state index contributed by atoms with van der Waals surface area (Å²) in [6, 6.07) is 12.4. The Bertz CT molecular complexity index is 371. The van der Waals surface area contributed by atoms with E-state index < -0.39 is 0 Å². The van der Waals surface area contributed by atoms with Gasteiger partial charge in [0, 0.05) is 16.7 Å². The van der Waals surface area contributed by atoms with Gasteiger partial charge in [-0.25, -0.2) is 0 Å². The molecule has 2 rings (SSSR count). The summed E-state index contributed by atoms with van der Waals surface area (Å²) in [7, 11) is 0. The van der Waals surface area contributed by atoms with E-state index in [4.69, 9.17) is 0 Å². The van der Waals surface area contributed by atoms with E-state index in [1.165, 1.54) is 0 Å². The van der Waals surface area contributed by atoms with Crippen LogP contribution in [0.15, 0.2) is 30.3 Å². The lowest BCUT2D eigenvalue weighted by Crippen LogP contribution is -2.36. The Morgan fingerprint density at radius 1 is 1.47 bits per heavy atom. The number of nitriles is 1. The van der Waals surface area contributed by atoms with E-state index in [1.54, 1.807) is 0 Å². The molecule has 0 amide bonds. The number of anilines is 1. The summed E-state index contributed by atoms with van der Waals surface area (Å²) in [5.41, 5.74) is 0.666. The maximum absolute atomic E-state index is 9.27. The van der Waals surface area contributed by atoms with Crippen LogP contribution in [0.2, 0.25) is 0 Å². The lowest BCUT2D eigenvalue weighted by atomic mass is 9.98. The van der Waals surface area contributed by atoms with Gasteiger partial charge in [-0.1, -0.05) is 25.1 Å². The van der Waals surface area contributed by atoms with Crippen LogP contribution in [0.1, 0.15) is 13.3 Å². The maximum atomic E-state index is 9.27. The fraction of sp³-hybridized carbons (Fsp3) is 0.417. The number of rotatable bonds is 2. The van der Waals surface area contributed by atoms with E-state index >= 15 is 0 Å². The second-order valence-corrected chi connectivity index (χ2v) is 5.44. The van der Waals surface area contributed by atoms with Crippen LogP contribution >= 0.6 is 11.8 Å². The smallest absolute Gasteiger partial charge is 0.135 e. The average molecular weight is 218 g/mol. The van der Waals surface area contributed by atoms with Gasteiger partial charge in [0.1, 0.15) is 5.54 Å². The Morgan fingerprint density at radius 3 is 2.73 bits per heavy atom. The molecule has 1 saturated heterocycles. The summed E-state index contributed by atoms with van der Waals surface area (Å²) >= 11 is 1.86. The number of nitrogens with zero attached hydrogens (tertiary/aromatic N) is 1. The molecule has 1 aromatic carbocycles. The molecule has 1 N–H and O–H groups in total. The third-order valence-corrected chi connectivity index (χ3v) is 4.02. The molecule has 78 valence electrons. The van der Waals surface area contributed by atoms with Gasteiger partial charge < -0.3 is 5.32 Å². The molecule has 3 heteroatoms. The first-order chi connectivity index (χ1) is 7.24. The molecular formula is C12H14N2S. The van der Waals surface area contributed by atoms with Crippen LogP contribution < -0.4 is 5.32 Å². The molecule has 1 heterocycles. The Balaban J connectivity index is 2.14. The highest BCUT2D eigenvalue weighted by Crippen LogP contribution is 2.36. The van der Waals surface area contributed by atoms with Crippen molar-refractivity contribution in [1.29, 1.82) is 5.26 Å². The predicted molar refractivity (Wildman–Crippen MR) is 64.9 cm³/mol. The van der Waals surface area contributed by atoms with E-state index in [0.717, 1.165) is 17.9 Å². The lowest BCUT2D eigenvalue weighted by Gasteiger charge is -2.22. The van der Waals surface area contributed by atoms with Crippen molar-refractivity contribution in [2.24, 2.45) is 0 Å². The second kappa shape index (κ2) is 4.16. The van der Waals surface area contributed by atoms with Gasteiger partial charge in [0.25, 0.3) is 0 Å². The van der Waals surface area contributed by atoms with Crippen molar-refractivity contribution in [1.82, 2.24) is 0 Å². The first-order valence-electron chi connectivity index (χ1n) is 5.10. The van der Waals surface area contributed by atoms with Crippen molar-refractivity contribution in [2.45, 2.75) is 24.1 Å². The molecule has 0 aromatic heterocycles. The van der Waals surface area contributed by atoms with Crippen molar-refractivity contribution in [3.8, 4) is 6.07 Å². The fourth-order valence-corrected chi connectivity index (χ4v) is 3.11. The number of nitrogens with one attached hydrogen (secondary N) is 1. The van der Waals surface area contributed by atoms with Crippen molar-refractivity contribution in [3.05, 3.63) is 30.3 Å². The standard InChI is InChI=1S/C12H14N2S/c1-10-7-12(8-13,9-15-10)14-11-5-3-2-4-6-11/h2-6,10,14H,7,9H2,1H3. The minimum Gasteiger partial charge on any atom is -0.367 e. The number of para-hydroxylation sites is 1. The molecule has 2 atom stereocenters. The van der Waals surface area contributed by atoms with Gasteiger partial charge in [-0.05, 0) is 18.6 Å². The van der Waals surface area contributed by atoms with Crippen LogP contribution in [0, 0.1) is 11.3 Å². The zero-order chi connectivity index (χ0) is 10.7. The second-order valence-electron chi connectivity index (χ2n) is 4.01. The van der Waals surface area contributed by atoms with Crippen molar-refractivity contribution >= 4 is 17.4 Å². The highest BCUT2D eigenvalue weighted by Gasteiger charge is 2.38. The summed E-state index contributed by atoms with van der Waals surface area (Å²) in [6.45, 7) is 2.18. The maximum Gasteiger partial charge on any atom is 0.135 e. The molecule has 2 nitrogen and oxygen atoms in total. The molecular weight excluding hydrogens is 204 g/mol. The van der Waals surface area contributed by atoms with Crippen LogP contribution in [0.4, 0.5) is 5.69 Å². The van der Waals surface area contributed by atoms with E-state index in [0.29, 0.717) is 5.25 Å². The summed E-state index contributed by atoms with van der Waals surface area (Å²) in [6.07, 6.45) is 0.920.